The lowest BCUT2D eigenvalue weighted by molar-refractivity contribution is 0.0741. The molecule has 2 atom stereocenters. The smallest absolute Gasteiger partial charge is 0.0611 e. The third-order valence-corrected chi connectivity index (χ3v) is 4.18. The topological polar surface area (TPSA) is 38.7 Å². The van der Waals surface area contributed by atoms with E-state index >= 15 is 0 Å². The Labute approximate surface area is 112 Å². The van der Waals surface area contributed by atoms with Crippen LogP contribution in [-0.2, 0) is 0 Å². The number of aliphatic hydroxyl groups is 1. The fourth-order valence-electron chi connectivity index (χ4n) is 2.92. The van der Waals surface area contributed by atoms with Crippen LogP contribution in [0.4, 0.5) is 0 Å². The van der Waals surface area contributed by atoms with Gasteiger partial charge in [-0.25, -0.2) is 0 Å². The van der Waals surface area contributed by atoms with Crippen LogP contribution in [0.5, 0.6) is 0 Å². The minimum absolute atomic E-state index is 0.143. The molecule has 0 aromatic carbocycles. The lowest BCUT2D eigenvalue weighted by Gasteiger charge is -2.41. The first-order valence-corrected chi connectivity index (χ1v) is 7.37. The number of aliphatic hydroxyl groups excluding tert-OH is 1. The first kappa shape index (κ1) is 15.9. The highest BCUT2D eigenvalue weighted by atomic mass is 16.3. The maximum absolute atomic E-state index is 9.55. The number of rotatable bonds is 7. The second-order valence-electron chi connectivity index (χ2n) is 5.77. The Morgan fingerprint density at radius 3 is 2.28 bits per heavy atom. The third-order valence-electron chi connectivity index (χ3n) is 4.18. The average Bonchev–Trinajstić information content (AvgIpc) is 2.39. The Morgan fingerprint density at radius 1 is 1.22 bits per heavy atom. The molecule has 4 nitrogen and oxygen atoms in total. The number of hydrogen-bond donors (Lipinski definition) is 2. The van der Waals surface area contributed by atoms with Crippen molar-refractivity contribution in [1.29, 1.82) is 0 Å². The van der Waals surface area contributed by atoms with E-state index in [4.69, 9.17) is 0 Å². The molecule has 0 spiro atoms. The standard InChI is InChI=1S/C14H31N3O/c1-5-15-14(4,12-18)11-13(3)17-9-7-16(6-2)8-10-17/h13,15,18H,5-12H2,1-4H3. The summed E-state index contributed by atoms with van der Waals surface area (Å²) in [5.41, 5.74) is -0.143. The molecule has 1 aliphatic rings. The van der Waals surface area contributed by atoms with Gasteiger partial charge in [0.1, 0.15) is 0 Å². The minimum Gasteiger partial charge on any atom is -0.394 e. The maximum Gasteiger partial charge on any atom is 0.0611 e. The molecule has 2 unspecified atom stereocenters. The van der Waals surface area contributed by atoms with E-state index in [9.17, 15) is 5.11 Å². The number of likely N-dealkylation sites (N-methyl/N-ethyl adjacent to an activating group) is 2. The van der Waals surface area contributed by atoms with Gasteiger partial charge in [-0.05, 0) is 33.4 Å². The van der Waals surface area contributed by atoms with Crippen molar-refractivity contribution >= 4 is 0 Å². The second-order valence-corrected chi connectivity index (χ2v) is 5.77. The van der Waals surface area contributed by atoms with Gasteiger partial charge in [0.05, 0.1) is 6.61 Å². The van der Waals surface area contributed by atoms with E-state index in [-0.39, 0.29) is 12.1 Å². The molecule has 1 heterocycles. The van der Waals surface area contributed by atoms with Crippen LogP contribution in [0.25, 0.3) is 0 Å². The summed E-state index contributed by atoms with van der Waals surface area (Å²) in [6, 6.07) is 0.528. The van der Waals surface area contributed by atoms with Crippen LogP contribution in [0.1, 0.15) is 34.1 Å². The number of piperazine rings is 1. The normalized spacial score (nSPS) is 23.8. The molecule has 1 saturated heterocycles. The van der Waals surface area contributed by atoms with Crippen molar-refractivity contribution in [2.24, 2.45) is 0 Å². The Kier molecular flexibility index (Phi) is 6.57. The summed E-state index contributed by atoms with van der Waals surface area (Å²) in [5, 5.41) is 13.0. The van der Waals surface area contributed by atoms with E-state index in [1.54, 1.807) is 0 Å². The van der Waals surface area contributed by atoms with Gasteiger partial charge in [-0.2, -0.15) is 0 Å². The summed E-state index contributed by atoms with van der Waals surface area (Å²) in [7, 11) is 0. The van der Waals surface area contributed by atoms with E-state index < -0.39 is 0 Å². The molecule has 0 saturated carbocycles. The van der Waals surface area contributed by atoms with Crippen molar-refractivity contribution in [2.75, 3.05) is 45.9 Å². The third kappa shape index (κ3) is 4.50. The molecular weight excluding hydrogens is 226 g/mol. The number of nitrogens with one attached hydrogen (secondary N) is 1. The zero-order valence-corrected chi connectivity index (χ0v) is 12.6. The molecule has 108 valence electrons. The Balaban J connectivity index is 2.42. The zero-order chi connectivity index (χ0) is 13.6. The van der Waals surface area contributed by atoms with E-state index in [2.05, 4.69) is 42.8 Å². The number of nitrogens with zero attached hydrogens (tertiary/aromatic N) is 2. The molecule has 0 radical (unpaired) electrons. The highest BCUT2D eigenvalue weighted by Gasteiger charge is 2.28. The van der Waals surface area contributed by atoms with Gasteiger partial charge in [0.25, 0.3) is 0 Å². The fraction of sp³-hybridized carbons (Fsp3) is 1.00. The summed E-state index contributed by atoms with van der Waals surface area (Å²) in [4.78, 5) is 5.05. The number of hydrogen-bond acceptors (Lipinski definition) is 4. The van der Waals surface area contributed by atoms with Crippen LogP contribution in [0, 0.1) is 0 Å². The van der Waals surface area contributed by atoms with Crippen LogP contribution >= 0.6 is 0 Å². The Hall–Kier alpha value is -0.160. The van der Waals surface area contributed by atoms with E-state index in [0.717, 1.165) is 32.6 Å². The van der Waals surface area contributed by atoms with Crippen molar-refractivity contribution in [1.82, 2.24) is 15.1 Å². The molecule has 0 amide bonds. The molecule has 0 aromatic heterocycles. The first-order chi connectivity index (χ1) is 8.54. The summed E-state index contributed by atoms with van der Waals surface area (Å²) in [6.45, 7) is 15.7. The molecule has 1 rings (SSSR count). The highest BCUT2D eigenvalue weighted by molar-refractivity contribution is 4.88. The van der Waals surface area contributed by atoms with Crippen LogP contribution in [-0.4, -0.2) is 72.4 Å². The summed E-state index contributed by atoms with van der Waals surface area (Å²) < 4.78 is 0. The molecule has 0 bridgehead atoms. The van der Waals surface area contributed by atoms with Crippen molar-refractivity contribution in [3.8, 4) is 0 Å². The highest BCUT2D eigenvalue weighted by Crippen LogP contribution is 2.17. The average molecular weight is 257 g/mol. The second kappa shape index (κ2) is 7.43. The SMILES string of the molecule is CCNC(C)(CO)CC(C)N1CCN(CC)CC1. The Bertz CT molecular complexity index is 229. The van der Waals surface area contributed by atoms with Crippen molar-refractivity contribution < 1.29 is 5.11 Å². The quantitative estimate of drug-likeness (QED) is 0.706. The maximum atomic E-state index is 9.55. The molecule has 0 aromatic rings. The lowest BCUT2D eigenvalue weighted by atomic mass is 9.93. The van der Waals surface area contributed by atoms with E-state index in [1.165, 1.54) is 13.1 Å². The lowest BCUT2D eigenvalue weighted by Crippen LogP contribution is -2.54. The summed E-state index contributed by atoms with van der Waals surface area (Å²) >= 11 is 0. The molecule has 18 heavy (non-hydrogen) atoms. The van der Waals surface area contributed by atoms with Crippen LogP contribution in [0.15, 0.2) is 0 Å². The van der Waals surface area contributed by atoms with Crippen molar-refractivity contribution in [2.45, 2.75) is 45.7 Å². The van der Waals surface area contributed by atoms with Gasteiger partial charge >= 0.3 is 0 Å². The van der Waals surface area contributed by atoms with Crippen LogP contribution in [0.3, 0.4) is 0 Å². The molecule has 4 heteroatoms. The molecular formula is C14H31N3O. The molecule has 1 fully saturated rings. The van der Waals surface area contributed by atoms with Gasteiger partial charge in [0.2, 0.25) is 0 Å². The van der Waals surface area contributed by atoms with E-state index in [1.807, 2.05) is 0 Å². The zero-order valence-electron chi connectivity index (χ0n) is 12.6. The molecule has 1 aliphatic heterocycles. The van der Waals surface area contributed by atoms with Crippen LogP contribution in [0.2, 0.25) is 0 Å². The minimum atomic E-state index is -0.143. The van der Waals surface area contributed by atoms with Gasteiger partial charge in [-0.1, -0.05) is 13.8 Å². The van der Waals surface area contributed by atoms with Crippen molar-refractivity contribution in [3.05, 3.63) is 0 Å². The first-order valence-electron chi connectivity index (χ1n) is 7.37. The van der Waals surface area contributed by atoms with Gasteiger partial charge in [-0.3, -0.25) is 4.90 Å². The Morgan fingerprint density at radius 2 is 1.83 bits per heavy atom. The predicted octanol–water partition coefficient (Wildman–Crippen LogP) is 0.763. The van der Waals surface area contributed by atoms with E-state index in [0.29, 0.717) is 6.04 Å². The van der Waals surface area contributed by atoms with Gasteiger partial charge in [-0.15, -0.1) is 0 Å². The monoisotopic (exact) mass is 257 g/mol. The van der Waals surface area contributed by atoms with Gasteiger partial charge in [0, 0.05) is 37.8 Å². The van der Waals surface area contributed by atoms with Crippen LogP contribution < -0.4 is 5.32 Å². The summed E-state index contributed by atoms with van der Waals surface area (Å²) in [5.74, 6) is 0. The molecule has 0 aliphatic carbocycles. The van der Waals surface area contributed by atoms with Crippen molar-refractivity contribution in [3.63, 3.8) is 0 Å². The largest absolute Gasteiger partial charge is 0.394 e. The van der Waals surface area contributed by atoms with Gasteiger partial charge < -0.3 is 15.3 Å². The fourth-order valence-corrected chi connectivity index (χ4v) is 2.92. The molecule has 2 N–H and O–H groups in total. The van der Waals surface area contributed by atoms with Gasteiger partial charge in [0.15, 0.2) is 0 Å². The summed E-state index contributed by atoms with van der Waals surface area (Å²) in [6.07, 6.45) is 1.00. The predicted molar refractivity (Wildman–Crippen MR) is 76.9 cm³/mol.